The van der Waals surface area contributed by atoms with Gasteiger partial charge in [-0.3, -0.25) is 19.9 Å². The third-order valence-electron chi connectivity index (χ3n) is 12.7. The van der Waals surface area contributed by atoms with Crippen molar-refractivity contribution < 1.29 is 8.78 Å². The molecule has 0 radical (unpaired) electrons. The zero-order valence-corrected chi connectivity index (χ0v) is 45.6. The van der Waals surface area contributed by atoms with Gasteiger partial charge in [-0.05, 0) is 182 Å². The number of aromatic nitrogens is 10. The highest BCUT2D eigenvalue weighted by Gasteiger charge is 2.16. The first kappa shape index (κ1) is 53.2. The van der Waals surface area contributed by atoms with Crippen molar-refractivity contribution in [1.29, 1.82) is 0 Å². The summed E-state index contributed by atoms with van der Waals surface area (Å²) in [5.74, 6) is -0.473. The minimum Gasteiger partial charge on any atom is -0.366 e. The van der Waals surface area contributed by atoms with Crippen molar-refractivity contribution in [1.82, 2.24) is 50.3 Å². The first-order chi connectivity index (χ1) is 37.4. The zero-order valence-electron chi connectivity index (χ0n) is 42.4. The summed E-state index contributed by atoms with van der Waals surface area (Å²) in [4.78, 5) is 26.1. The van der Waals surface area contributed by atoms with Crippen LogP contribution in [0.15, 0.2) is 179 Å². The molecule has 77 heavy (non-hydrogen) atoms. The quantitative estimate of drug-likeness (QED) is 0.154. The fourth-order valence-corrected chi connectivity index (χ4v) is 9.46. The molecule has 12 nitrogen and oxygen atoms in total. The molecule has 382 valence electrons. The molecule has 0 saturated carbocycles. The molecule has 0 saturated heterocycles. The number of fused-ring (bicyclic) bond motifs is 4. The molecule has 0 aliphatic carbocycles. The van der Waals surface area contributed by atoms with Gasteiger partial charge in [0.25, 0.3) is 0 Å². The molecular formula is C61H50Br2F2N12. The van der Waals surface area contributed by atoms with Gasteiger partial charge in [-0.2, -0.15) is 0 Å². The van der Waals surface area contributed by atoms with E-state index in [1.54, 1.807) is 24.3 Å². The number of nitrogen functional groups attached to an aromatic ring is 2. The Morgan fingerprint density at radius 2 is 0.714 bits per heavy atom. The lowest BCUT2D eigenvalue weighted by atomic mass is 10.00. The van der Waals surface area contributed by atoms with E-state index in [2.05, 4.69) is 128 Å². The molecule has 6 aromatic carbocycles. The molecule has 0 fully saturated rings. The minimum absolute atomic E-state index is 0.0739. The summed E-state index contributed by atoms with van der Waals surface area (Å²) >= 11 is 6.91. The molecule has 6 heterocycles. The van der Waals surface area contributed by atoms with Gasteiger partial charge in [0.2, 0.25) is 11.9 Å². The van der Waals surface area contributed by atoms with Crippen molar-refractivity contribution in [2.45, 2.75) is 47.0 Å². The monoisotopic (exact) mass is 1150 g/mol. The van der Waals surface area contributed by atoms with E-state index in [0.29, 0.717) is 22.8 Å². The van der Waals surface area contributed by atoms with Gasteiger partial charge in [-0.25, -0.2) is 18.7 Å². The second-order valence-electron chi connectivity index (χ2n) is 17.6. The van der Waals surface area contributed by atoms with Gasteiger partial charge in [0, 0.05) is 77.5 Å². The van der Waals surface area contributed by atoms with Crippen molar-refractivity contribution in [2.75, 3.05) is 11.5 Å². The van der Waals surface area contributed by atoms with Crippen LogP contribution >= 0.6 is 31.9 Å². The van der Waals surface area contributed by atoms with Gasteiger partial charge in [0.05, 0.1) is 22.1 Å². The Kier molecular flexibility index (Phi) is 16.9. The van der Waals surface area contributed by atoms with Crippen LogP contribution in [0.2, 0.25) is 0 Å². The van der Waals surface area contributed by atoms with E-state index in [4.69, 9.17) is 11.5 Å². The van der Waals surface area contributed by atoms with Crippen molar-refractivity contribution >= 4 is 87.4 Å². The van der Waals surface area contributed by atoms with E-state index < -0.39 is 0 Å². The van der Waals surface area contributed by atoms with Crippen LogP contribution in [0.3, 0.4) is 0 Å². The average molecular weight is 1150 g/mol. The summed E-state index contributed by atoms with van der Waals surface area (Å²) in [5.41, 5.74) is 26.0. The molecular weight excluding hydrogens is 1100 g/mol. The maximum absolute atomic E-state index is 13.3. The Labute approximate surface area is 460 Å². The second kappa shape index (κ2) is 24.4. The summed E-state index contributed by atoms with van der Waals surface area (Å²) in [6.07, 6.45) is 10.2. The number of nitrogens with zero attached hydrogens (tertiary/aromatic N) is 10. The molecule has 0 aliphatic heterocycles. The van der Waals surface area contributed by atoms with E-state index in [9.17, 15) is 8.78 Å². The van der Waals surface area contributed by atoms with Crippen LogP contribution in [0.25, 0.3) is 88.6 Å². The Balaban J connectivity index is 0.000000132. The molecule has 6 aromatic heterocycles. The molecule has 4 N–H and O–H groups in total. The summed E-state index contributed by atoms with van der Waals surface area (Å²) in [6, 6.07) is 44.5. The highest BCUT2D eigenvalue weighted by atomic mass is 79.9. The molecule has 0 bridgehead atoms. The van der Waals surface area contributed by atoms with Crippen LogP contribution in [-0.2, 0) is 19.3 Å². The predicted octanol–water partition coefficient (Wildman–Crippen LogP) is 14.9. The van der Waals surface area contributed by atoms with E-state index in [0.717, 1.165) is 83.3 Å². The van der Waals surface area contributed by atoms with Gasteiger partial charge in [-0.1, -0.05) is 64.8 Å². The van der Waals surface area contributed by atoms with E-state index >= 15 is 0 Å². The highest BCUT2D eigenvalue weighted by Crippen LogP contribution is 2.34. The number of hydrogen-bond donors (Lipinski definition) is 2. The molecule has 16 heteroatoms. The van der Waals surface area contributed by atoms with Crippen LogP contribution in [0.5, 0.6) is 0 Å². The van der Waals surface area contributed by atoms with E-state index in [-0.39, 0.29) is 23.5 Å². The average Bonchev–Trinajstić information content (AvgIpc) is 3.46. The largest absolute Gasteiger partial charge is 0.366 e. The van der Waals surface area contributed by atoms with Crippen molar-refractivity contribution in [3.05, 3.63) is 213 Å². The van der Waals surface area contributed by atoms with Crippen molar-refractivity contribution in [3.63, 3.8) is 0 Å². The van der Waals surface area contributed by atoms with Gasteiger partial charge >= 0.3 is 0 Å². The zero-order chi connectivity index (χ0) is 54.0. The maximum Gasteiger partial charge on any atom is 0.240 e. The molecule has 12 aromatic rings. The topological polar surface area (TPSA) is 181 Å². The molecule has 0 spiro atoms. The van der Waals surface area contributed by atoms with Crippen LogP contribution in [0.1, 0.15) is 43.0 Å². The van der Waals surface area contributed by atoms with Gasteiger partial charge in [0.1, 0.15) is 34.4 Å². The first-order valence-corrected chi connectivity index (χ1v) is 26.3. The molecule has 0 unspecified atom stereocenters. The highest BCUT2D eigenvalue weighted by molar-refractivity contribution is 9.10. The lowest BCUT2D eigenvalue weighted by molar-refractivity contribution is 0.627. The normalized spacial score (nSPS) is 10.9. The number of nitrogens with two attached hydrogens (primary N) is 2. The Morgan fingerprint density at radius 1 is 0.377 bits per heavy atom. The lowest BCUT2D eigenvalue weighted by Crippen LogP contribution is -2.02. The number of benzene rings is 6. The summed E-state index contributed by atoms with van der Waals surface area (Å²) in [6.45, 7) is 8.47. The summed E-state index contributed by atoms with van der Waals surface area (Å²) < 4.78 is 28.8. The minimum atomic E-state index is -0.311. The van der Waals surface area contributed by atoms with E-state index in [1.165, 1.54) is 57.3 Å². The third-order valence-corrected chi connectivity index (χ3v) is 13.7. The van der Waals surface area contributed by atoms with Crippen LogP contribution < -0.4 is 11.5 Å². The van der Waals surface area contributed by atoms with E-state index in [1.807, 2.05) is 104 Å². The Bertz CT molecular complexity index is 3870. The molecule has 0 amide bonds. The number of anilines is 2. The fourth-order valence-electron chi connectivity index (χ4n) is 8.74. The number of pyridine rings is 4. The number of aryl methyl sites for hydroxylation is 4. The standard InChI is InChI=1S/2C20H16FN5.C11H10BrN.C10H8BrN/c2*1-2-12-9-10-23-17-8-5-14(11-16(12)17)19-18(24-20(22)26-25-19)13-3-6-15(21)7-4-13;1-2-8-5-6-13-11-4-3-9(12)7-10(8)11;1-7-4-5-12-10-3-2-8(11)6-9(7)10/h2*3-11H,2H2,1H3,(H2,22,24,26);3-7H,2H2,1H3;2-6H,1H3. The van der Waals surface area contributed by atoms with Crippen LogP contribution in [-0.4, -0.2) is 50.3 Å². The maximum atomic E-state index is 13.3. The van der Waals surface area contributed by atoms with Crippen LogP contribution in [0.4, 0.5) is 20.7 Å². The Morgan fingerprint density at radius 3 is 1.12 bits per heavy atom. The van der Waals surface area contributed by atoms with Crippen molar-refractivity contribution in [2.24, 2.45) is 0 Å². The molecule has 0 aliphatic rings. The summed E-state index contributed by atoms with van der Waals surface area (Å²) in [7, 11) is 0. The van der Waals surface area contributed by atoms with Crippen molar-refractivity contribution in [3.8, 4) is 45.0 Å². The number of hydrogen-bond acceptors (Lipinski definition) is 12. The fraction of sp³-hybridized carbons (Fsp3) is 0.115. The van der Waals surface area contributed by atoms with Gasteiger partial charge in [0.15, 0.2) is 0 Å². The second-order valence-corrected chi connectivity index (χ2v) is 19.5. The van der Waals surface area contributed by atoms with Gasteiger partial charge in [-0.15, -0.1) is 20.4 Å². The predicted molar refractivity (Wildman–Crippen MR) is 312 cm³/mol. The Hall–Kier alpha value is -8.60. The first-order valence-electron chi connectivity index (χ1n) is 24.7. The molecule has 12 rings (SSSR count). The smallest absolute Gasteiger partial charge is 0.240 e. The number of halogens is 4. The number of rotatable bonds is 7. The summed E-state index contributed by atoms with van der Waals surface area (Å²) in [5, 5.41) is 20.9. The lowest BCUT2D eigenvalue weighted by Gasteiger charge is -2.10. The molecule has 0 atom stereocenters. The SMILES string of the molecule is CCc1ccnc2ccc(-c3nnc(N)nc3-c3ccc(F)cc3)cc12.CCc1ccnc2ccc(-c3nnc(N)nc3-c3ccc(F)cc3)cc12.CCc1ccnc2ccc(Br)cc12.Cc1ccnc2ccc(Br)cc12. The van der Waals surface area contributed by atoms with Crippen LogP contribution in [0, 0.1) is 18.6 Å². The third kappa shape index (κ3) is 12.6. The van der Waals surface area contributed by atoms with Gasteiger partial charge < -0.3 is 11.5 Å².